The number of alkyl halides is 1. The van der Waals surface area contributed by atoms with E-state index in [1.165, 1.54) is 17.3 Å². The second-order valence-electron chi connectivity index (χ2n) is 4.91. The van der Waals surface area contributed by atoms with Crippen molar-refractivity contribution in [3.63, 3.8) is 0 Å². The minimum Gasteiger partial charge on any atom is -0.394 e. The number of hydrogen-bond acceptors (Lipinski definition) is 10. The van der Waals surface area contributed by atoms with E-state index in [1.54, 1.807) is 0 Å². The van der Waals surface area contributed by atoms with E-state index in [0.717, 1.165) is 4.90 Å². The van der Waals surface area contributed by atoms with E-state index in [2.05, 4.69) is 10.3 Å². The largest absolute Gasteiger partial charge is 0.394 e. The zero-order valence-electron chi connectivity index (χ0n) is 10.7. The minimum absolute atomic E-state index is 0.0422. The van der Waals surface area contributed by atoms with E-state index in [1.807, 2.05) is 0 Å². The molecule has 0 bridgehead atoms. The molecular weight excluding hydrogens is 289 g/mol. The molecule has 6 atom stereocenters. The molecule has 118 valence electrons. The summed E-state index contributed by atoms with van der Waals surface area (Å²) in [7, 11) is 0. The summed E-state index contributed by atoms with van der Waals surface area (Å²) in [6.07, 6.45) is -4.27. The highest BCUT2D eigenvalue weighted by Gasteiger charge is 2.60. The summed E-state index contributed by atoms with van der Waals surface area (Å²) in [5.41, 5.74) is 5.56. The van der Waals surface area contributed by atoms with Crippen molar-refractivity contribution in [2.24, 2.45) is 10.7 Å². The highest BCUT2D eigenvalue weighted by Crippen LogP contribution is 2.36. The average molecular weight is 305 g/mol. The molecule has 3 unspecified atom stereocenters. The van der Waals surface area contributed by atoms with Gasteiger partial charge in [-0.2, -0.15) is 0 Å². The van der Waals surface area contributed by atoms with Crippen LogP contribution in [0.5, 0.6) is 0 Å². The van der Waals surface area contributed by atoms with Crippen molar-refractivity contribution in [2.75, 3.05) is 6.61 Å². The van der Waals surface area contributed by atoms with E-state index in [-0.39, 0.29) is 5.96 Å². The lowest BCUT2D eigenvalue weighted by Gasteiger charge is -2.36. The molecule has 11 heteroatoms. The van der Waals surface area contributed by atoms with Gasteiger partial charge in [0.25, 0.3) is 5.85 Å². The van der Waals surface area contributed by atoms with E-state index >= 15 is 0 Å². The Hall–Kier alpha value is -1.34. The molecule has 3 rings (SSSR count). The maximum absolute atomic E-state index is 14.3. The van der Waals surface area contributed by atoms with Crippen molar-refractivity contribution < 1.29 is 29.6 Å². The van der Waals surface area contributed by atoms with Gasteiger partial charge in [-0.25, -0.2) is 14.7 Å². The third-order valence-electron chi connectivity index (χ3n) is 3.54. The Bertz CT molecular complexity index is 488. The van der Waals surface area contributed by atoms with Crippen LogP contribution in [0.2, 0.25) is 0 Å². The molecule has 1 fully saturated rings. The molecule has 1 saturated heterocycles. The fourth-order valence-electron chi connectivity index (χ4n) is 2.46. The van der Waals surface area contributed by atoms with E-state index in [0.29, 0.717) is 0 Å². The smallest absolute Gasteiger partial charge is 0.281 e. The van der Waals surface area contributed by atoms with Crippen LogP contribution < -0.4 is 11.1 Å². The number of guanidine groups is 1. The molecule has 0 amide bonds. The first-order valence-electron chi connectivity index (χ1n) is 6.24. The number of nitrogens with one attached hydrogen (secondary N) is 1. The van der Waals surface area contributed by atoms with Crippen molar-refractivity contribution in [3.8, 4) is 0 Å². The number of rotatable bonds is 2. The number of ether oxygens (including phenoxy) is 1. The molecule has 0 aromatic rings. The number of aliphatic hydroxyl groups excluding tert-OH is 3. The van der Waals surface area contributed by atoms with E-state index < -0.39 is 43.5 Å². The molecular formula is C10H16FN5O5. The zero-order chi connectivity index (χ0) is 15.4. The summed E-state index contributed by atoms with van der Waals surface area (Å²) in [5, 5.41) is 40.8. The number of nitrogens with two attached hydrogens (primary N) is 1. The maximum atomic E-state index is 14.3. The Labute approximate surface area is 118 Å². The second kappa shape index (κ2) is 4.84. The number of hydrogen-bond donors (Lipinski definition) is 6. The molecule has 3 aliphatic heterocycles. The van der Waals surface area contributed by atoms with Gasteiger partial charge >= 0.3 is 0 Å². The van der Waals surface area contributed by atoms with Crippen LogP contribution in [0, 0.1) is 0 Å². The normalized spacial score (nSPS) is 46.0. The molecule has 3 aliphatic rings. The summed E-state index contributed by atoms with van der Waals surface area (Å²) >= 11 is 0. The van der Waals surface area contributed by atoms with Crippen molar-refractivity contribution >= 4 is 5.96 Å². The summed E-state index contributed by atoms with van der Waals surface area (Å²) < 4.78 is 19.5. The Morgan fingerprint density at radius 1 is 1.43 bits per heavy atom. The molecule has 0 radical (unpaired) electrons. The van der Waals surface area contributed by atoms with Crippen molar-refractivity contribution in [1.29, 1.82) is 0 Å². The van der Waals surface area contributed by atoms with E-state index in [9.17, 15) is 19.7 Å². The van der Waals surface area contributed by atoms with Gasteiger partial charge in [-0.15, -0.1) is 0 Å². The van der Waals surface area contributed by atoms with E-state index in [4.69, 9.17) is 15.6 Å². The van der Waals surface area contributed by atoms with Gasteiger partial charge in [0.1, 0.15) is 12.2 Å². The van der Waals surface area contributed by atoms with Crippen LogP contribution in [0.3, 0.4) is 0 Å². The van der Waals surface area contributed by atoms with Crippen LogP contribution in [-0.4, -0.2) is 79.7 Å². The fourth-order valence-corrected chi connectivity index (χ4v) is 2.46. The first-order chi connectivity index (χ1) is 9.86. The zero-order valence-corrected chi connectivity index (χ0v) is 10.7. The van der Waals surface area contributed by atoms with Crippen molar-refractivity contribution in [3.05, 3.63) is 12.4 Å². The summed E-state index contributed by atoms with van der Waals surface area (Å²) in [6.45, 7) is -0.665. The minimum atomic E-state index is -3.13. The lowest BCUT2D eigenvalue weighted by Crippen LogP contribution is -2.61. The lowest BCUT2D eigenvalue weighted by molar-refractivity contribution is -0.196. The number of aliphatic imine (C=N–C) groups is 1. The Kier molecular flexibility index (Phi) is 3.37. The van der Waals surface area contributed by atoms with Gasteiger partial charge in [0.15, 0.2) is 18.9 Å². The lowest BCUT2D eigenvalue weighted by atomic mass is 10.1. The van der Waals surface area contributed by atoms with Gasteiger partial charge in [0.2, 0.25) is 5.96 Å². The number of halogens is 1. The Morgan fingerprint density at radius 3 is 2.71 bits per heavy atom. The van der Waals surface area contributed by atoms with Gasteiger partial charge in [-0.3, -0.25) is 15.5 Å². The Morgan fingerprint density at radius 2 is 2.10 bits per heavy atom. The van der Waals surface area contributed by atoms with Crippen LogP contribution >= 0.6 is 0 Å². The molecule has 21 heavy (non-hydrogen) atoms. The number of aliphatic hydroxyl groups is 4. The Balaban J connectivity index is 1.90. The molecule has 0 aliphatic carbocycles. The molecule has 0 aromatic heterocycles. The SMILES string of the molecule is NC1N=C2N(C=CN2[C@@H]2O[C@H](CO)C(O)[C@]2(O)F)C(O)N1. The van der Waals surface area contributed by atoms with Gasteiger partial charge in [0, 0.05) is 12.4 Å². The third kappa shape index (κ3) is 2.10. The molecule has 0 saturated carbocycles. The summed E-state index contributed by atoms with van der Waals surface area (Å²) in [4.78, 5) is 6.30. The summed E-state index contributed by atoms with van der Waals surface area (Å²) in [5.74, 6) is -3.09. The maximum Gasteiger partial charge on any atom is 0.281 e. The quantitative estimate of drug-likeness (QED) is 0.303. The van der Waals surface area contributed by atoms with Crippen LogP contribution in [-0.2, 0) is 4.74 Å². The van der Waals surface area contributed by atoms with Crippen LogP contribution in [0.15, 0.2) is 17.4 Å². The van der Waals surface area contributed by atoms with Crippen molar-refractivity contribution in [1.82, 2.24) is 15.1 Å². The highest BCUT2D eigenvalue weighted by atomic mass is 19.2. The average Bonchev–Trinajstić information content (AvgIpc) is 2.91. The summed E-state index contributed by atoms with van der Waals surface area (Å²) in [6, 6.07) is 0. The first kappa shape index (κ1) is 14.6. The number of nitrogens with zero attached hydrogens (tertiary/aromatic N) is 3. The van der Waals surface area contributed by atoms with Crippen LogP contribution in [0.1, 0.15) is 0 Å². The van der Waals surface area contributed by atoms with Gasteiger partial charge in [-0.1, -0.05) is 0 Å². The van der Waals surface area contributed by atoms with Gasteiger partial charge in [-0.05, 0) is 0 Å². The number of fused-ring (bicyclic) bond motifs is 1. The highest BCUT2D eigenvalue weighted by molar-refractivity contribution is 5.85. The molecule has 10 nitrogen and oxygen atoms in total. The standard InChI is InChI=1S/C10H16FN5O5/c11-10(20)5(18)4(3-17)21-6(10)15-1-2-16-8(15)13-7(12)14-9(16)19/h1-2,4-7,9,14,17-20H,3,12H2/t4-,5?,6-,7?,9?,10-/m1/s1. The predicted octanol–water partition coefficient (Wildman–Crippen LogP) is -3.71. The van der Waals surface area contributed by atoms with Crippen molar-refractivity contribution in [2.45, 2.75) is 36.9 Å². The molecule has 7 N–H and O–H groups in total. The first-order valence-corrected chi connectivity index (χ1v) is 6.24. The molecule has 0 aromatic carbocycles. The van der Waals surface area contributed by atoms with Crippen LogP contribution in [0.25, 0.3) is 0 Å². The third-order valence-corrected chi connectivity index (χ3v) is 3.54. The monoisotopic (exact) mass is 305 g/mol. The predicted molar refractivity (Wildman–Crippen MR) is 65.2 cm³/mol. The molecule has 0 spiro atoms. The van der Waals surface area contributed by atoms with Gasteiger partial charge in [0.05, 0.1) is 6.61 Å². The van der Waals surface area contributed by atoms with Crippen LogP contribution in [0.4, 0.5) is 4.39 Å². The second-order valence-corrected chi connectivity index (χ2v) is 4.91. The topological polar surface area (TPSA) is 147 Å². The fraction of sp³-hybridized carbons (Fsp3) is 0.700. The molecule has 3 heterocycles. The van der Waals surface area contributed by atoms with Gasteiger partial charge < -0.3 is 25.2 Å².